The van der Waals surface area contributed by atoms with Crippen LogP contribution in [0.4, 0.5) is 5.69 Å². The number of hydrogen-bond acceptors (Lipinski definition) is 4. The van der Waals surface area contributed by atoms with E-state index in [9.17, 15) is 0 Å². The van der Waals surface area contributed by atoms with Crippen molar-refractivity contribution in [2.24, 2.45) is 0 Å². The first-order valence-electron chi connectivity index (χ1n) is 6.29. The highest BCUT2D eigenvalue weighted by molar-refractivity contribution is 6.31. The zero-order valence-corrected chi connectivity index (χ0v) is 12.0. The van der Waals surface area contributed by atoms with E-state index in [1.165, 1.54) is 0 Å². The molecule has 0 unspecified atom stereocenters. The van der Waals surface area contributed by atoms with E-state index < -0.39 is 0 Å². The second-order valence-electron chi connectivity index (χ2n) is 4.76. The third-order valence-corrected chi connectivity index (χ3v) is 3.25. The average molecular weight is 288 g/mol. The Morgan fingerprint density at radius 2 is 2.05 bits per heavy atom. The van der Waals surface area contributed by atoms with Crippen molar-refractivity contribution in [1.29, 1.82) is 0 Å². The second kappa shape index (κ2) is 5.09. The molecule has 0 aromatic carbocycles. The lowest BCUT2D eigenvalue weighted by molar-refractivity contribution is 0.895. The Morgan fingerprint density at radius 3 is 2.90 bits per heavy atom. The molecule has 3 heterocycles. The minimum atomic E-state index is 0.472. The monoisotopic (exact) mass is 287 g/mol. The number of halogens is 1. The quantitative estimate of drug-likeness (QED) is 0.753. The number of nitrogens with one attached hydrogen (secondary N) is 1. The molecule has 0 fully saturated rings. The molecule has 0 saturated carbocycles. The summed E-state index contributed by atoms with van der Waals surface area (Å²) >= 11 is 6.05. The van der Waals surface area contributed by atoms with Crippen LogP contribution in [-0.4, -0.2) is 19.6 Å². The summed E-state index contributed by atoms with van der Waals surface area (Å²) in [6, 6.07) is 3.91. The van der Waals surface area contributed by atoms with E-state index in [2.05, 4.69) is 20.4 Å². The first-order valence-corrected chi connectivity index (χ1v) is 6.66. The number of fused-ring (bicyclic) bond motifs is 1. The van der Waals surface area contributed by atoms with Gasteiger partial charge in [0, 0.05) is 36.8 Å². The fourth-order valence-electron chi connectivity index (χ4n) is 2.00. The molecule has 0 aliphatic rings. The summed E-state index contributed by atoms with van der Waals surface area (Å²) in [7, 11) is 0. The summed E-state index contributed by atoms with van der Waals surface area (Å²) in [4.78, 5) is 8.48. The van der Waals surface area contributed by atoms with Gasteiger partial charge in [0.1, 0.15) is 0 Å². The maximum Gasteiger partial charge on any atom is 0.155 e. The van der Waals surface area contributed by atoms with E-state index in [0.717, 1.165) is 28.2 Å². The molecule has 1 N–H and O–H groups in total. The standard InChI is InChI=1S/C14H14ClN5/c1-9-3-12(14(15)18-5-9)16-6-11-7-17-13-4-10(2)19-20(13)8-11/h3-5,7-8,16H,6H2,1-2H3. The van der Waals surface area contributed by atoms with Gasteiger partial charge >= 0.3 is 0 Å². The van der Waals surface area contributed by atoms with E-state index in [1.54, 1.807) is 10.7 Å². The van der Waals surface area contributed by atoms with Crippen LogP contribution < -0.4 is 5.32 Å². The van der Waals surface area contributed by atoms with Crippen molar-refractivity contribution in [1.82, 2.24) is 19.6 Å². The molecule has 102 valence electrons. The van der Waals surface area contributed by atoms with Crippen LogP contribution in [0.15, 0.2) is 30.7 Å². The molecule has 0 amide bonds. The predicted octanol–water partition coefficient (Wildman–Crippen LogP) is 3.01. The number of anilines is 1. The summed E-state index contributed by atoms with van der Waals surface area (Å²) in [5, 5.41) is 8.09. The number of pyridine rings is 1. The van der Waals surface area contributed by atoms with Gasteiger partial charge in [-0.3, -0.25) is 0 Å². The molecular formula is C14H14ClN5. The Bertz CT molecular complexity index is 765. The number of hydrogen-bond donors (Lipinski definition) is 1. The first-order chi connectivity index (χ1) is 9.61. The van der Waals surface area contributed by atoms with Crippen LogP contribution in [-0.2, 0) is 6.54 Å². The van der Waals surface area contributed by atoms with Gasteiger partial charge in [0.05, 0.1) is 11.4 Å². The molecule has 6 heteroatoms. The van der Waals surface area contributed by atoms with Gasteiger partial charge in [-0.25, -0.2) is 14.5 Å². The maximum atomic E-state index is 6.05. The Morgan fingerprint density at radius 1 is 1.20 bits per heavy atom. The second-order valence-corrected chi connectivity index (χ2v) is 5.11. The zero-order chi connectivity index (χ0) is 14.1. The summed E-state index contributed by atoms with van der Waals surface area (Å²) in [6.45, 7) is 4.55. The van der Waals surface area contributed by atoms with Crippen molar-refractivity contribution >= 4 is 22.9 Å². The molecule has 0 radical (unpaired) electrons. The van der Waals surface area contributed by atoms with E-state index >= 15 is 0 Å². The average Bonchev–Trinajstić information content (AvgIpc) is 2.79. The zero-order valence-electron chi connectivity index (χ0n) is 11.3. The summed E-state index contributed by atoms with van der Waals surface area (Å²) in [6.07, 6.45) is 5.54. The molecule has 3 aromatic heterocycles. The molecule has 20 heavy (non-hydrogen) atoms. The molecule has 0 aliphatic heterocycles. The minimum Gasteiger partial charge on any atom is -0.378 e. The van der Waals surface area contributed by atoms with Crippen LogP contribution in [0.2, 0.25) is 5.15 Å². The van der Waals surface area contributed by atoms with E-state index in [0.29, 0.717) is 11.7 Å². The van der Waals surface area contributed by atoms with Crippen molar-refractivity contribution < 1.29 is 0 Å². The van der Waals surface area contributed by atoms with E-state index in [-0.39, 0.29) is 0 Å². The highest BCUT2D eigenvalue weighted by Gasteiger charge is 2.04. The van der Waals surface area contributed by atoms with Gasteiger partial charge < -0.3 is 5.32 Å². The van der Waals surface area contributed by atoms with Gasteiger partial charge in [0.25, 0.3) is 0 Å². The van der Waals surface area contributed by atoms with Crippen molar-refractivity contribution in [2.45, 2.75) is 20.4 Å². The fourth-order valence-corrected chi connectivity index (χ4v) is 2.17. The number of rotatable bonds is 3. The third kappa shape index (κ3) is 2.58. The summed E-state index contributed by atoms with van der Waals surface area (Å²) < 4.78 is 1.78. The Hall–Kier alpha value is -2.14. The molecule has 0 atom stereocenters. The summed E-state index contributed by atoms with van der Waals surface area (Å²) in [5.74, 6) is 0. The number of nitrogens with zero attached hydrogens (tertiary/aromatic N) is 4. The van der Waals surface area contributed by atoms with Gasteiger partial charge in [-0.05, 0) is 25.5 Å². The maximum absolute atomic E-state index is 6.05. The molecular weight excluding hydrogens is 274 g/mol. The van der Waals surface area contributed by atoms with E-state index in [4.69, 9.17) is 11.6 Å². The van der Waals surface area contributed by atoms with Crippen LogP contribution in [0, 0.1) is 13.8 Å². The highest BCUT2D eigenvalue weighted by atomic mass is 35.5. The fraction of sp³-hybridized carbons (Fsp3) is 0.214. The van der Waals surface area contributed by atoms with Crippen molar-refractivity contribution in [3.05, 3.63) is 52.7 Å². The van der Waals surface area contributed by atoms with Gasteiger partial charge in [-0.1, -0.05) is 11.6 Å². The third-order valence-electron chi connectivity index (χ3n) is 2.95. The Balaban J connectivity index is 1.80. The van der Waals surface area contributed by atoms with Crippen molar-refractivity contribution in [2.75, 3.05) is 5.32 Å². The van der Waals surface area contributed by atoms with Crippen molar-refractivity contribution in [3.8, 4) is 0 Å². The molecule has 3 rings (SSSR count). The normalized spacial score (nSPS) is 10.9. The van der Waals surface area contributed by atoms with E-state index in [1.807, 2.05) is 38.4 Å². The van der Waals surface area contributed by atoms with Crippen LogP contribution in [0.3, 0.4) is 0 Å². The summed E-state index contributed by atoms with van der Waals surface area (Å²) in [5.41, 5.74) is 4.71. The highest BCUT2D eigenvalue weighted by Crippen LogP contribution is 2.20. The molecule has 0 spiro atoms. The largest absolute Gasteiger partial charge is 0.378 e. The molecule has 3 aromatic rings. The SMILES string of the molecule is Cc1cnc(Cl)c(NCc2cnc3cc(C)nn3c2)c1. The number of aromatic nitrogens is 4. The minimum absolute atomic E-state index is 0.472. The molecule has 0 saturated heterocycles. The Labute approximate surface area is 121 Å². The smallest absolute Gasteiger partial charge is 0.155 e. The van der Waals surface area contributed by atoms with Gasteiger partial charge in [-0.2, -0.15) is 5.10 Å². The lowest BCUT2D eigenvalue weighted by atomic mass is 10.3. The van der Waals surface area contributed by atoms with Crippen LogP contribution in [0.1, 0.15) is 16.8 Å². The Kier molecular flexibility index (Phi) is 3.28. The first kappa shape index (κ1) is 12.9. The van der Waals surface area contributed by atoms with Gasteiger partial charge in [-0.15, -0.1) is 0 Å². The molecule has 0 bridgehead atoms. The lowest BCUT2D eigenvalue weighted by Crippen LogP contribution is -2.03. The number of aryl methyl sites for hydroxylation is 2. The van der Waals surface area contributed by atoms with Gasteiger partial charge in [0.15, 0.2) is 10.8 Å². The molecule has 5 nitrogen and oxygen atoms in total. The van der Waals surface area contributed by atoms with Gasteiger partial charge in [0.2, 0.25) is 0 Å². The van der Waals surface area contributed by atoms with Crippen molar-refractivity contribution in [3.63, 3.8) is 0 Å². The van der Waals surface area contributed by atoms with Crippen LogP contribution >= 0.6 is 11.6 Å². The predicted molar refractivity (Wildman–Crippen MR) is 79.0 cm³/mol. The lowest BCUT2D eigenvalue weighted by Gasteiger charge is -2.08. The molecule has 0 aliphatic carbocycles. The van der Waals surface area contributed by atoms with Crippen LogP contribution in [0.25, 0.3) is 5.65 Å². The van der Waals surface area contributed by atoms with Crippen LogP contribution in [0.5, 0.6) is 0 Å². The topological polar surface area (TPSA) is 55.1 Å².